The molecule has 82 valence electrons. The number of rotatable bonds is 3. The van der Waals surface area contributed by atoms with Crippen molar-refractivity contribution in [2.45, 2.75) is 31.8 Å². The maximum atomic E-state index is 10.9. The highest BCUT2D eigenvalue weighted by molar-refractivity contribution is 5.69. The van der Waals surface area contributed by atoms with Crippen LogP contribution in [-0.2, 0) is 9.53 Å². The number of carbonyl (C=O) groups excluding carboxylic acids is 1. The Morgan fingerprint density at radius 2 is 2.07 bits per heavy atom. The van der Waals surface area contributed by atoms with Crippen molar-refractivity contribution < 1.29 is 14.6 Å². The number of carbonyl (C=O) groups is 1. The Hall–Kier alpha value is -0.610. The van der Waals surface area contributed by atoms with Crippen LogP contribution in [0.15, 0.2) is 0 Å². The summed E-state index contributed by atoms with van der Waals surface area (Å²) in [7, 11) is 1.41. The lowest BCUT2D eigenvalue weighted by atomic mass is 9.94. The fourth-order valence-corrected chi connectivity index (χ4v) is 1.61. The van der Waals surface area contributed by atoms with Gasteiger partial charge in [-0.05, 0) is 19.8 Å². The van der Waals surface area contributed by atoms with Gasteiger partial charge in [0.15, 0.2) is 0 Å². The van der Waals surface area contributed by atoms with E-state index in [0.717, 1.165) is 32.5 Å². The molecule has 1 fully saturated rings. The van der Waals surface area contributed by atoms with E-state index in [9.17, 15) is 9.90 Å². The van der Waals surface area contributed by atoms with Gasteiger partial charge in [0.2, 0.25) is 0 Å². The Morgan fingerprint density at radius 1 is 1.50 bits per heavy atom. The first-order chi connectivity index (χ1) is 6.53. The number of hydrogen-bond donors (Lipinski definition) is 1. The van der Waals surface area contributed by atoms with E-state index in [0.29, 0.717) is 6.42 Å². The highest BCUT2D eigenvalue weighted by atomic mass is 16.5. The Labute approximate surface area is 84.8 Å². The van der Waals surface area contributed by atoms with Crippen LogP contribution in [0, 0.1) is 0 Å². The first-order valence-corrected chi connectivity index (χ1v) is 5.05. The summed E-state index contributed by atoms with van der Waals surface area (Å²) in [6, 6.07) is 0. The maximum absolute atomic E-state index is 10.9. The second kappa shape index (κ2) is 4.75. The zero-order valence-corrected chi connectivity index (χ0v) is 8.95. The lowest BCUT2D eigenvalue weighted by molar-refractivity contribution is -0.141. The highest BCUT2D eigenvalue weighted by Gasteiger charge is 2.27. The summed E-state index contributed by atoms with van der Waals surface area (Å²) in [5, 5.41) is 9.70. The molecule has 0 aromatic heterocycles. The van der Waals surface area contributed by atoms with Crippen molar-refractivity contribution in [1.29, 1.82) is 0 Å². The van der Waals surface area contributed by atoms with E-state index in [4.69, 9.17) is 0 Å². The van der Waals surface area contributed by atoms with Crippen molar-refractivity contribution in [3.05, 3.63) is 0 Å². The number of nitrogens with zero attached hydrogens (tertiary/aromatic N) is 1. The summed E-state index contributed by atoms with van der Waals surface area (Å²) in [5.74, 6) is -0.165. The molecule has 1 saturated heterocycles. The molecule has 0 bridgehead atoms. The van der Waals surface area contributed by atoms with Crippen molar-refractivity contribution in [2.75, 3.05) is 26.7 Å². The second-order valence-electron chi connectivity index (χ2n) is 4.16. The molecule has 14 heavy (non-hydrogen) atoms. The van der Waals surface area contributed by atoms with E-state index >= 15 is 0 Å². The van der Waals surface area contributed by atoms with Crippen molar-refractivity contribution in [3.8, 4) is 0 Å². The van der Waals surface area contributed by atoms with Crippen molar-refractivity contribution in [1.82, 2.24) is 4.90 Å². The molecule has 1 N–H and O–H groups in total. The molecule has 0 aromatic rings. The molecule has 0 spiro atoms. The lowest BCUT2D eigenvalue weighted by Gasteiger charge is -2.35. The molecule has 0 saturated carbocycles. The zero-order chi connectivity index (χ0) is 10.6. The van der Waals surface area contributed by atoms with Crippen LogP contribution in [-0.4, -0.2) is 48.3 Å². The predicted molar refractivity (Wildman–Crippen MR) is 52.9 cm³/mol. The topological polar surface area (TPSA) is 49.8 Å². The molecule has 0 radical (unpaired) electrons. The van der Waals surface area contributed by atoms with Crippen LogP contribution >= 0.6 is 0 Å². The molecule has 0 aliphatic carbocycles. The van der Waals surface area contributed by atoms with Gasteiger partial charge in [-0.1, -0.05) is 0 Å². The smallest absolute Gasteiger partial charge is 0.306 e. The van der Waals surface area contributed by atoms with Gasteiger partial charge < -0.3 is 14.7 Å². The summed E-state index contributed by atoms with van der Waals surface area (Å²) in [6.45, 7) is 4.33. The number of esters is 1. The van der Waals surface area contributed by atoms with Crippen LogP contribution < -0.4 is 0 Å². The van der Waals surface area contributed by atoms with E-state index in [1.54, 1.807) is 0 Å². The monoisotopic (exact) mass is 201 g/mol. The van der Waals surface area contributed by atoms with E-state index in [1.165, 1.54) is 7.11 Å². The molecule has 1 rings (SSSR count). The van der Waals surface area contributed by atoms with Gasteiger partial charge >= 0.3 is 5.97 Å². The first kappa shape index (κ1) is 11.5. The second-order valence-corrected chi connectivity index (χ2v) is 4.16. The van der Waals surface area contributed by atoms with Crippen molar-refractivity contribution in [3.63, 3.8) is 0 Å². The van der Waals surface area contributed by atoms with Gasteiger partial charge in [-0.25, -0.2) is 0 Å². The third kappa shape index (κ3) is 3.64. The van der Waals surface area contributed by atoms with Crippen molar-refractivity contribution >= 4 is 5.97 Å². The number of piperidine rings is 1. The molecule has 0 aromatic carbocycles. The minimum atomic E-state index is -0.512. The van der Waals surface area contributed by atoms with E-state index in [1.807, 2.05) is 6.92 Å². The van der Waals surface area contributed by atoms with Crippen LogP contribution in [0.2, 0.25) is 0 Å². The molecule has 1 aliphatic rings. The standard InChI is InChI=1S/C10H19NO3/c1-10(13)4-7-11(8-5-10)6-3-9(12)14-2/h13H,3-8H2,1-2H3. The van der Waals surface area contributed by atoms with E-state index in [-0.39, 0.29) is 5.97 Å². The third-order valence-corrected chi connectivity index (χ3v) is 2.79. The Kier molecular flexibility index (Phi) is 3.89. The summed E-state index contributed by atoms with van der Waals surface area (Å²) >= 11 is 0. The van der Waals surface area contributed by atoms with E-state index < -0.39 is 5.60 Å². The average Bonchev–Trinajstić information content (AvgIpc) is 2.16. The molecule has 4 heteroatoms. The van der Waals surface area contributed by atoms with E-state index in [2.05, 4.69) is 9.64 Å². The molecule has 0 unspecified atom stereocenters. The summed E-state index contributed by atoms with van der Waals surface area (Å²) in [4.78, 5) is 13.1. The van der Waals surface area contributed by atoms with Gasteiger partial charge in [-0.3, -0.25) is 4.79 Å². The number of likely N-dealkylation sites (tertiary alicyclic amines) is 1. The zero-order valence-electron chi connectivity index (χ0n) is 8.95. The molecule has 0 atom stereocenters. The first-order valence-electron chi connectivity index (χ1n) is 5.05. The Bertz CT molecular complexity index is 194. The number of aliphatic hydroxyl groups is 1. The molecular weight excluding hydrogens is 182 g/mol. The Balaban J connectivity index is 2.19. The highest BCUT2D eigenvalue weighted by Crippen LogP contribution is 2.20. The molecule has 4 nitrogen and oxygen atoms in total. The molecular formula is C10H19NO3. The van der Waals surface area contributed by atoms with Crippen LogP contribution in [0.5, 0.6) is 0 Å². The predicted octanol–water partition coefficient (Wildman–Crippen LogP) is 0.396. The summed E-state index contributed by atoms with van der Waals surface area (Å²) < 4.78 is 4.57. The molecule has 1 heterocycles. The molecule has 0 amide bonds. The Morgan fingerprint density at radius 3 is 2.57 bits per heavy atom. The largest absolute Gasteiger partial charge is 0.469 e. The average molecular weight is 201 g/mol. The fraction of sp³-hybridized carbons (Fsp3) is 0.900. The van der Waals surface area contributed by atoms with Gasteiger partial charge in [0.05, 0.1) is 19.1 Å². The lowest BCUT2D eigenvalue weighted by Crippen LogP contribution is -2.43. The minimum absolute atomic E-state index is 0.165. The van der Waals surface area contributed by atoms with Gasteiger partial charge in [-0.15, -0.1) is 0 Å². The normalized spacial score (nSPS) is 21.9. The van der Waals surface area contributed by atoms with Crippen LogP contribution in [0.3, 0.4) is 0 Å². The van der Waals surface area contributed by atoms with Crippen LogP contribution in [0.4, 0.5) is 0 Å². The summed E-state index contributed by atoms with van der Waals surface area (Å²) in [5.41, 5.74) is -0.512. The summed E-state index contributed by atoms with van der Waals surface area (Å²) in [6.07, 6.45) is 2.01. The van der Waals surface area contributed by atoms with Gasteiger partial charge in [0, 0.05) is 19.6 Å². The van der Waals surface area contributed by atoms with Gasteiger partial charge in [0.1, 0.15) is 0 Å². The fourth-order valence-electron chi connectivity index (χ4n) is 1.61. The molecule has 1 aliphatic heterocycles. The third-order valence-electron chi connectivity index (χ3n) is 2.79. The van der Waals surface area contributed by atoms with Crippen LogP contribution in [0.25, 0.3) is 0 Å². The number of hydrogen-bond acceptors (Lipinski definition) is 4. The quantitative estimate of drug-likeness (QED) is 0.671. The van der Waals surface area contributed by atoms with Gasteiger partial charge in [0.25, 0.3) is 0 Å². The minimum Gasteiger partial charge on any atom is -0.469 e. The number of methoxy groups -OCH3 is 1. The SMILES string of the molecule is COC(=O)CCN1CCC(C)(O)CC1. The maximum Gasteiger partial charge on any atom is 0.306 e. The van der Waals surface area contributed by atoms with Gasteiger partial charge in [-0.2, -0.15) is 0 Å². The van der Waals surface area contributed by atoms with Crippen molar-refractivity contribution in [2.24, 2.45) is 0 Å². The van der Waals surface area contributed by atoms with Crippen LogP contribution in [0.1, 0.15) is 26.2 Å². The number of ether oxygens (including phenoxy) is 1.